The highest BCUT2D eigenvalue weighted by Crippen LogP contribution is 2.30. The third-order valence-electron chi connectivity index (χ3n) is 3.07. The molecule has 2 heterocycles. The Morgan fingerprint density at radius 1 is 1.56 bits per heavy atom. The Morgan fingerprint density at radius 2 is 2.44 bits per heavy atom. The van der Waals surface area contributed by atoms with Gasteiger partial charge in [-0.1, -0.05) is 6.07 Å². The van der Waals surface area contributed by atoms with Crippen LogP contribution < -0.4 is 10.6 Å². The molecule has 0 saturated carbocycles. The quantitative estimate of drug-likeness (QED) is 0.871. The molecule has 2 amide bonds. The SMILES string of the molecule is CO[C@]1(CNC(=O)NCc2cccs2)CCSC1. The third kappa shape index (κ3) is 3.63. The number of thioether (sulfide) groups is 1. The number of hydrogen-bond donors (Lipinski definition) is 2. The number of carbonyl (C=O) groups excluding carboxylic acids is 1. The Labute approximate surface area is 115 Å². The number of carbonyl (C=O) groups is 1. The van der Waals surface area contributed by atoms with Gasteiger partial charge in [0.2, 0.25) is 0 Å². The molecule has 2 N–H and O–H groups in total. The number of nitrogens with one attached hydrogen (secondary N) is 2. The average molecular weight is 286 g/mol. The van der Waals surface area contributed by atoms with E-state index in [0.717, 1.165) is 22.8 Å². The largest absolute Gasteiger partial charge is 0.376 e. The van der Waals surface area contributed by atoms with E-state index in [9.17, 15) is 4.79 Å². The van der Waals surface area contributed by atoms with Crippen LogP contribution in [0.4, 0.5) is 4.79 Å². The zero-order chi connectivity index (χ0) is 12.8. The predicted octanol–water partition coefficient (Wildman–Crippen LogP) is 2.07. The van der Waals surface area contributed by atoms with Gasteiger partial charge >= 0.3 is 6.03 Å². The van der Waals surface area contributed by atoms with Crippen LogP contribution in [0, 0.1) is 0 Å². The van der Waals surface area contributed by atoms with E-state index in [1.807, 2.05) is 29.3 Å². The number of thiophene rings is 1. The van der Waals surface area contributed by atoms with Crippen molar-refractivity contribution in [1.29, 1.82) is 0 Å². The van der Waals surface area contributed by atoms with E-state index in [0.29, 0.717) is 13.1 Å². The summed E-state index contributed by atoms with van der Waals surface area (Å²) in [6, 6.07) is 3.86. The number of rotatable bonds is 5. The standard InChI is InChI=1S/C12H18N2O2S2/c1-16-12(4-6-17-9-12)8-14-11(15)13-7-10-3-2-5-18-10/h2-3,5H,4,6-9H2,1H3,(H2,13,14,15)/t12-/m0/s1. The lowest BCUT2D eigenvalue weighted by atomic mass is 10.0. The molecule has 4 nitrogen and oxygen atoms in total. The summed E-state index contributed by atoms with van der Waals surface area (Å²) in [5.41, 5.74) is -0.176. The molecule has 1 saturated heterocycles. The molecular formula is C12H18N2O2S2. The van der Waals surface area contributed by atoms with Crippen molar-refractivity contribution in [2.45, 2.75) is 18.6 Å². The minimum atomic E-state index is -0.176. The topological polar surface area (TPSA) is 50.4 Å². The van der Waals surface area contributed by atoms with Gasteiger partial charge in [0.25, 0.3) is 0 Å². The minimum absolute atomic E-state index is 0.128. The van der Waals surface area contributed by atoms with Crippen molar-refractivity contribution in [3.63, 3.8) is 0 Å². The number of urea groups is 1. The lowest BCUT2D eigenvalue weighted by Gasteiger charge is -2.26. The van der Waals surface area contributed by atoms with Gasteiger partial charge in [-0.3, -0.25) is 0 Å². The molecule has 6 heteroatoms. The normalized spacial score (nSPS) is 22.9. The fourth-order valence-corrected chi connectivity index (χ4v) is 3.89. The van der Waals surface area contributed by atoms with Gasteiger partial charge in [-0.15, -0.1) is 11.3 Å². The molecule has 1 aliphatic heterocycles. The maximum Gasteiger partial charge on any atom is 0.315 e. The van der Waals surface area contributed by atoms with E-state index in [1.165, 1.54) is 0 Å². The van der Waals surface area contributed by atoms with Crippen LogP contribution in [0.3, 0.4) is 0 Å². The fraction of sp³-hybridized carbons (Fsp3) is 0.583. The summed E-state index contributed by atoms with van der Waals surface area (Å²) in [6.45, 7) is 1.16. The van der Waals surface area contributed by atoms with Gasteiger partial charge in [-0.25, -0.2) is 4.79 Å². The molecule has 18 heavy (non-hydrogen) atoms. The molecule has 100 valence electrons. The molecule has 0 aliphatic carbocycles. The molecule has 0 aromatic carbocycles. The maximum atomic E-state index is 11.7. The smallest absolute Gasteiger partial charge is 0.315 e. The van der Waals surface area contributed by atoms with Crippen molar-refractivity contribution in [3.05, 3.63) is 22.4 Å². The van der Waals surface area contributed by atoms with E-state index < -0.39 is 0 Å². The minimum Gasteiger partial charge on any atom is -0.376 e. The third-order valence-corrected chi connectivity index (χ3v) is 5.17. The molecule has 1 aromatic rings. The molecule has 0 unspecified atom stereocenters. The van der Waals surface area contributed by atoms with E-state index in [-0.39, 0.29) is 11.6 Å². The maximum absolute atomic E-state index is 11.7. The van der Waals surface area contributed by atoms with Gasteiger partial charge in [0.15, 0.2) is 0 Å². The summed E-state index contributed by atoms with van der Waals surface area (Å²) in [4.78, 5) is 12.8. The summed E-state index contributed by atoms with van der Waals surface area (Å²) in [5, 5.41) is 7.75. The molecule has 0 radical (unpaired) electrons. The molecule has 1 aliphatic rings. The molecule has 1 fully saturated rings. The van der Waals surface area contributed by atoms with Crippen LogP contribution >= 0.6 is 23.1 Å². The second-order valence-electron chi connectivity index (χ2n) is 4.31. The van der Waals surface area contributed by atoms with Crippen LogP contribution in [0.15, 0.2) is 17.5 Å². The second kappa shape index (κ2) is 6.45. The number of ether oxygens (including phenoxy) is 1. The Morgan fingerprint density at radius 3 is 3.06 bits per heavy atom. The Hall–Kier alpha value is -0.720. The van der Waals surface area contributed by atoms with Crippen molar-refractivity contribution in [2.75, 3.05) is 25.2 Å². The molecular weight excluding hydrogens is 268 g/mol. The van der Waals surface area contributed by atoms with Crippen LogP contribution in [0.25, 0.3) is 0 Å². The van der Waals surface area contributed by atoms with Crippen LogP contribution in [-0.4, -0.2) is 36.8 Å². The molecule has 0 spiro atoms. The zero-order valence-corrected chi connectivity index (χ0v) is 12.0. The van der Waals surface area contributed by atoms with E-state index in [2.05, 4.69) is 10.6 Å². The summed E-state index contributed by atoms with van der Waals surface area (Å²) >= 11 is 3.52. The van der Waals surface area contributed by atoms with E-state index in [1.54, 1.807) is 18.4 Å². The summed E-state index contributed by atoms with van der Waals surface area (Å²) in [6.07, 6.45) is 0.999. The van der Waals surface area contributed by atoms with Crippen molar-refractivity contribution in [2.24, 2.45) is 0 Å². The van der Waals surface area contributed by atoms with Crippen LogP contribution in [-0.2, 0) is 11.3 Å². The molecule has 1 aromatic heterocycles. The lowest BCUT2D eigenvalue weighted by Crippen LogP contribution is -2.47. The second-order valence-corrected chi connectivity index (χ2v) is 6.44. The van der Waals surface area contributed by atoms with Gasteiger partial charge in [-0.2, -0.15) is 11.8 Å². The van der Waals surface area contributed by atoms with Gasteiger partial charge in [0, 0.05) is 24.3 Å². The zero-order valence-electron chi connectivity index (χ0n) is 10.4. The summed E-state index contributed by atoms with van der Waals surface area (Å²) in [5.74, 6) is 2.06. The highest BCUT2D eigenvalue weighted by molar-refractivity contribution is 7.99. The van der Waals surface area contributed by atoms with E-state index in [4.69, 9.17) is 4.74 Å². The van der Waals surface area contributed by atoms with Gasteiger partial charge in [0.05, 0.1) is 12.1 Å². The summed E-state index contributed by atoms with van der Waals surface area (Å²) < 4.78 is 5.54. The number of methoxy groups -OCH3 is 1. The highest BCUT2D eigenvalue weighted by Gasteiger charge is 2.34. The van der Waals surface area contributed by atoms with Crippen molar-refractivity contribution >= 4 is 29.1 Å². The highest BCUT2D eigenvalue weighted by atomic mass is 32.2. The van der Waals surface area contributed by atoms with Gasteiger partial charge in [-0.05, 0) is 23.6 Å². The van der Waals surface area contributed by atoms with Crippen LogP contribution in [0.2, 0.25) is 0 Å². The molecule has 0 bridgehead atoms. The monoisotopic (exact) mass is 286 g/mol. The first-order valence-corrected chi connectivity index (χ1v) is 7.94. The molecule has 2 rings (SSSR count). The first kappa shape index (κ1) is 13.7. The van der Waals surface area contributed by atoms with Crippen LogP contribution in [0.1, 0.15) is 11.3 Å². The van der Waals surface area contributed by atoms with Crippen LogP contribution in [0.5, 0.6) is 0 Å². The first-order chi connectivity index (χ1) is 8.74. The van der Waals surface area contributed by atoms with Crippen molar-refractivity contribution < 1.29 is 9.53 Å². The lowest BCUT2D eigenvalue weighted by molar-refractivity contribution is 0.0157. The fourth-order valence-electron chi connectivity index (χ4n) is 1.85. The van der Waals surface area contributed by atoms with Gasteiger partial charge in [0.1, 0.15) is 0 Å². The predicted molar refractivity (Wildman–Crippen MR) is 76.2 cm³/mol. The Kier molecular flexibility index (Phi) is 4.91. The average Bonchev–Trinajstić information content (AvgIpc) is 3.06. The number of hydrogen-bond acceptors (Lipinski definition) is 4. The van der Waals surface area contributed by atoms with Crippen molar-refractivity contribution in [1.82, 2.24) is 10.6 Å². The van der Waals surface area contributed by atoms with Crippen molar-refractivity contribution in [3.8, 4) is 0 Å². The summed E-state index contributed by atoms with van der Waals surface area (Å²) in [7, 11) is 1.72. The first-order valence-electron chi connectivity index (χ1n) is 5.91. The van der Waals surface area contributed by atoms with Gasteiger partial charge < -0.3 is 15.4 Å². The molecule has 1 atom stereocenters. The number of amides is 2. The Balaban J connectivity index is 1.71. The van der Waals surface area contributed by atoms with E-state index >= 15 is 0 Å². The Bertz CT molecular complexity index is 375.